The molecule has 4 heteroatoms. The van der Waals surface area contributed by atoms with E-state index in [9.17, 15) is 0 Å². The summed E-state index contributed by atoms with van der Waals surface area (Å²) in [6, 6.07) is 0.663. The average Bonchev–Trinajstić information content (AvgIpc) is 2.85. The van der Waals surface area contributed by atoms with E-state index in [2.05, 4.69) is 42.9 Å². The highest BCUT2D eigenvalue weighted by atomic mass is 16.4. The third-order valence-corrected chi connectivity index (χ3v) is 3.86. The molecule has 0 aliphatic carbocycles. The molecule has 108 valence electrons. The van der Waals surface area contributed by atoms with Crippen LogP contribution in [0.2, 0.25) is 0 Å². The Morgan fingerprint density at radius 3 is 2.58 bits per heavy atom. The van der Waals surface area contributed by atoms with Crippen LogP contribution in [0, 0.1) is 0 Å². The summed E-state index contributed by atoms with van der Waals surface area (Å²) in [6.07, 6.45) is 4.33. The Labute approximate surface area is 116 Å². The maximum Gasteiger partial charge on any atom is 0.208 e. The second kappa shape index (κ2) is 6.06. The topological polar surface area (TPSA) is 41.3 Å². The van der Waals surface area contributed by atoms with Crippen LogP contribution in [0.5, 0.6) is 0 Å². The fourth-order valence-electron chi connectivity index (χ4n) is 2.57. The lowest BCUT2D eigenvalue weighted by molar-refractivity contribution is 0.147. The molecule has 2 rings (SSSR count). The molecular formula is C15H27N3O. The van der Waals surface area contributed by atoms with Crippen LogP contribution in [0.4, 0.5) is 0 Å². The van der Waals surface area contributed by atoms with E-state index in [1.807, 2.05) is 6.20 Å². The van der Waals surface area contributed by atoms with E-state index < -0.39 is 0 Å². The van der Waals surface area contributed by atoms with Crippen molar-refractivity contribution in [1.82, 2.24) is 15.2 Å². The summed E-state index contributed by atoms with van der Waals surface area (Å²) in [7, 11) is 0. The Morgan fingerprint density at radius 2 is 2.05 bits per heavy atom. The molecule has 1 aromatic heterocycles. The maximum absolute atomic E-state index is 5.90. The van der Waals surface area contributed by atoms with Crippen molar-refractivity contribution >= 4 is 0 Å². The lowest BCUT2D eigenvalue weighted by Crippen LogP contribution is -2.42. The van der Waals surface area contributed by atoms with Crippen molar-refractivity contribution in [3.63, 3.8) is 0 Å². The van der Waals surface area contributed by atoms with Crippen LogP contribution in [0.25, 0.3) is 0 Å². The predicted molar refractivity (Wildman–Crippen MR) is 77.2 cm³/mol. The molecule has 2 heterocycles. The molecule has 4 nitrogen and oxygen atoms in total. The van der Waals surface area contributed by atoms with Crippen molar-refractivity contribution in [2.45, 2.75) is 58.5 Å². The van der Waals surface area contributed by atoms with Gasteiger partial charge in [0.05, 0.1) is 12.7 Å². The summed E-state index contributed by atoms with van der Waals surface area (Å²) >= 11 is 0. The largest absolute Gasteiger partial charge is 0.444 e. The third-order valence-electron chi connectivity index (χ3n) is 3.86. The van der Waals surface area contributed by atoms with Gasteiger partial charge in [-0.05, 0) is 32.5 Å². The minimum absolute atomic E-state index is 0.0387. The summed E-state index contributed by atoms with van der Waals surface area (Å²) in [5.41, 5.74) is 0.0387. The molecule has 1 aliphatic rings. The number of nitrogens with one attached hydrogen (secondary N) is 1. The van der Waals surface area contributed by atoms with E-state index in [0.29, 0.717) is 6.04 Å². The first kappa shape index (κ1) is 14.5. The number of nitrogens with zero attached hydrogens (tertiary/aromatic N) is 2. The van der Waals surface area contributed by atoms with Gasteiger partial charge >= 0.3 is 0 Å². The van der Waals surface area contributed by atoms with Crippen LogP contribution >= 0.6 is 0 Å². The lowest BCUT2D eigenvalue weighted by Gasteiger charge is -2.32. The van der Waals surface area contributed by atoms with E-state index in [0.717, 1.165) is 37.8 Å². The highest BCUT2D eigenvalue weighted by Gasteiger charge is 2.23. The standard InChI is InChI=1S/C15H27N3O/c1-5-18(12-6-8-16-9-7-12)11-14-17-10-13(19-14)15(2,3)4/h10,12,16H,5-9,11H2,1-4H3. The highest BCUT2D eigenvalue weighted by molar-refractivity contribution is 5.06. The minimum atomic E-state index is 0.0387. The lowest BCUT2D eigenvalue weighted by atomic mass is 9.94. The fourth-order valence-corrected chi connectivity index (χ4v) is 2.57. The fraction of sp³-hybridized carbons (Fsp3) is 0.800. The summed E-state index contributed by atoms with van der Waals surface area (Å²) in [6.45, 7) is 12.8. The van der Waals surface area contributed by atoms with Gasteiger partial charge < -0.3 is 9.73 Å². The van der Waals surface area contributed by atoms with Crippen LogP contribution in [0.3, 0.4) is 0 Å². The van der Waals surface area contributed by atoms with Crippen molar-refractivity contribution < 1.29 is 4.42 Å². The van der Waals surface area contributed by atoms with Crippen LogP contribution in [0.1, 0.15) is 52.2 Å². The van der Waals surface area contributed by atoms with Gasteiger partial charge in [0.25, 0.3) is 0 Å². The Morgan fingerprint density at radius 1 is 1.37 bits per heavy atom. The van der Waals surface area contributed by atoms with Crippen molar-refractivity contribution in [2.24, 2.45) is 0 Å². The van der Waals surface area contributed by atoms with Gasteiger partial charge in [0.2, 0.25) is 5.89 Å². The van der Waals surface area contributed by atoms with Crippen molar-refractivity contribution in [3.05, 3.63) is 17.8 Å². The zero-order chi connectivity index (χ0) is 13.9. The van der Waals surface area contributed by atoms with Crippen molar-refractivity contribution in [3.8, 4) is 0 Å². The number of oxazole rings is 1. The monoisotopic (exact) mass is 265 g/mol. The molecule has 0 aromatic carbocycles. The molecule has 1 aromatic rings. The van der Waals surface area contributed by atoms with E-state index in [1.165, 1.54) is 12.8 Å². The third kappa shape index (κ3) is 3.80. The van der Waals surface area contributed by atoms with Gasteiger partial charge in [0, 0.05) is 11.5 Å². The first-order valence-corrected chi connectivity index (χ1v) is 7.40. The molecule has 0 bridgehead atoms. The average molecular weight is 265 g/mol. The molecule has 19 heavy (non-hydrogen) atoms. The first-order chi connectivity index (χ1) is 9.00. The first-order valence-electron chi connectivity index (χ1n) is 7.40. The Balaban J connectivity index is 1.99. The number of hydrogen-bond acceptors (Lipinski definition) is 4. The summed E-state index contributed by atoms with van der Waals surface area (Å²) in [4.78, 5) is 6.93. The van der Waals surface area contributed by atoms with Gasteiger partial charge in [-0.15, -0.1) is 0 Å². The molecule has 1 aliphatic heterocycles. The zero-order valence-corrected chi connectivity index (χ0v) is 12.7. The summed E-state index contributed by atoms with van der Waals surface area (Å²) in [5, 5.41) is 3.42. The van der Waals surface area contributed by atoms with E-state index in [4.69, 9.17) is 4.42 Å². The second-order valence-corrected chi connectivity index (χ2v) is 6.41. The van der Waals surface area contributed by atoms with E-state index >= 15 is 0 Å². The van der Waals surface area contributed by atoms with Crippen LogP contribution in [0.15, 0.2) is 10.6 Å². The Bertz CT molecular complexity index is 388. The molecule has 0 unspecified atom stereocenters. The van der Waals surface area contributed by atoms with Gasteiger partial charge in [-0.25, -0.2) is 4.98 Å². The molecule has 0 amide bonds. The summed E-state index contributed by atoms with van der Waals surface area (Å²) < 4.78 is 5.90. The maximum atomic E-state index is 5.90. The van der Waals surface area contributed by atoms with Crippen LogP contribution in [-0.2, 0) is 12.0 Å². The second-order valence-electron chi connectivity index (χ2n) is 6.41. The van der Waals surface area contributed by atoms with Gasteiger partial charge in [0.1, 0.15) is 5.76 Å². The van der Waals surface area contributed by atoms with Gasteiger partial charge in [0.15, 0.2) is 0 Å². The Kier molecular flexibility index (Phi) is 4.63. The molecule has 1 N–H and O–H groups in total. The SMILES string of the molecule is CCN(Cc1ncc(C(C)(C)C)o1)C1CCNCC1. The van der Waals surface area contributed by atoms with Gasteiger partial charge in [-0.2, -0.15) is 0 Å². The molecule has 0 atom stereocenters. The molecular weight excluding hydrogens is 238 g/mol. The highest BCUT2D eigenvalue weighted by Crippen LogP contribution is 2.23. The molecule has 0 spiro atoms. The molecule has 1 saturated heterocycles. The van der Waals surface area contributed by atoms with Crippen molar-refractivity contribution in [2.75, 3.05) is 19.6 Å². The van der Waals surface area contributed by atoms with E-state index in [1.54, 1.807) is 0 Å². The minimum Gasteiger partial charge on any atom is -0.444 e. The predicted octanol–water partition coefficient (Wildman–Crippen LogP) is 2.55. The molecule has 0 saturated carbocycles. The zero-order valence-electron chi connectivity index (χ0n) is 12.7. The van der Waals surface area contributed by atoms with Crippen molar-refractivity contribution in [1.29, 1.82) is 0 Å². The summed E-state index contributed by atoms with van der Waals surface area (Å²) in [5.74, 6) is 1.83. The van der Waals surface area contributed by atoms with Crippen LogP contribution < -0.4 is 5.32 Å². The molecule has 1 fully saturated rings. The quantitative estimate of drug-likeness (QED) is 0.908. The molecule has 0 radical (unpaired) electrons. The number of hydrogen-bond donors (Lipinski definition) is 1. The van der Waals surface area contributed by atoms with Gasteiger partial charge in [-0.3, -0.25) is 4.90 Å². The Hall–Kier alpha value is -0.870. The number of rotatable bonds is 4. The normalized spacial score (nSPS) is 18.2. The number of piperidine rings is 1. The number of aromatic nitrogens is 1. The van der Waals surface area contributed by atoms with Crippen LogP contribution in [-0.4, -0.2) is 35.6 Å². The van der Waals surface area contributed by atoms with Gasteiger partial charge in [-0.1, -0.05) is 27.7 Å². The van der Waals surface area contributed by atoms with E-state index in [-0.39, 0.29) is 5.41 Å². The smallest absolute Gasteiger partial charge is 0.208 e.